The molecule has 3 aromatic carbocycles. The number of nitrogens with zero attached hydrogens (tertiary/aromatic N) is 1. The molecule has 0 bridgehead atoms. The summed E-state index contributed by atoms with van der Waals surface area (Å²) in [4.78, 5) is 13.3. The van der Waals surface area contributed by atoms with Gasteiger partial charge in [-0.3, -0.25) is 0 Å². The number of benzene rings is 3. The largest absolute Gasteiger partial charge is 0.497 e. The average Bonchev–Trinajstić information content (AvgIpc) is 3.65. The maximum absolute atomic E-state index is 13.3. The topological polar surface area (TPSA) is 49.7 Å². The maximum Gasteiger partial charge on any atom is 0.355 e. The summed E-state index contributed by atoms with van der Waals surface area (Å²) in [5.74, 6) is 1.96. The minimum atomic E-state index is -0.336. The molecule has 34 heavy (non-hydrogen) atoms. The van der Waals surface area contributed by atoms with E-state index in [1.165, 1.54) is 12.8 Å². The number of methoxy groups -OCH3 is 1. The monoisotopic (exact) mass is 455 g/mol. The highest BCUT2D eigenvalue weighted by molar-refractivity contribution is 6.08. The van der Waals surface area contributed by atoms with E-state index in [1.807, 2.05) is 55.5 Å². The zero-order valence-corrected chi connectivity index (χ0v) is 19.6. The normalized spacial score (nSPS) is 13.1. The Morgan fingerprint density at radius 3 is 2.56 bits per heavy atom. The van der Waals surface area contributed by atoms with Crippen LogP contribution < -0.4 is 9.47 Å². The molecule has 174 valence electrons. The fourth-order valence-electron chi connectivity index (χ4n) is 4.36. The fraction of sp³-hybridized carbons (Fsp3) is 0.276. The van der Waals surface area contributed by atoms with Gasteiger partial charge in [-0.2, -0.15) is 0 Å². The van der Waals surface area contributed by atoms with Gasteiger partial charge in [-0.1, -0.05) is 42.5 Å². The van der Waals surface area contributed by atoms with E-state index in [-0.39, 0.29) is 5.97 Å². The molecule has 0 unspecified atom stereocenters. The van der Waals surface area contributed by atoms with Crippen molar-refractivity contribution in [2.45, 2.75) is 26.3 Å². The lowest BCUT2D eigenvalue weighted by atomic mass is 10.0. The Labute approximate surface area is 199 Å². The third-order valence-corrected chi connectivity index (χ3v) is 6.22. The highest BCUT2D eigenvalue weighted by Gasteiger charge is 2.25. The quantitative estimate of drug-likeness (QED) is 0.277. The van der Waals surface area contributed by atoms with Crippen molar-refractivity contribution in [3.63, 3.8) is 0 Å². The molecule has 1 aliphatic rings. The molecule has 0 amide bonds. The second kappa shape index (κ2) is 9.64. The Morgan fingerprint density at radius 2 is 1.76 bits per heavy atom. The van der Waals surface area contributed by atoms with Gasteiger partial charge in [-0.05, 0) is 67.1 Å². The summed E-state index contributed by atoms with van der Waals surface area (Å²) in [6.45, 7) is 3.43. The van der Waals surface area contributed by atoms with Crippen LogP contribution >= 0.6 is 0 Å². The first-order valence-corrected chi connectivity index (χ1v) is 11.8. The zero-order valence-electron chi connectivity index (χ0n) is 19.6. The first-order valence-electron chi connectivity index (χ1n) is 11.8. The highest BCUT2D eigenvalue weighted by atomic mass is 16.5. The van der Waals surface area contributed by atoms with Crippen molar-refractivity contribution in [2.24, 2.45) is 5.92 Å². The van der Waals surface area contributed by atoms with Crippen LogP contribution in [0.3, 0.4) is 0 Å². The molecular formula is C29H29NO4. The molecule has 0 radical (unpaired) electrons. The molecule has 5 nitrogen and oxygen atoms in total. The van der Waals surface area contributed by atoms with Crippen molar-refractivity contribution in [1.29, 1.82) is 0 Å². The molecule has 0 atom stereocenters. The number of rotatable bonds is 9. The first kappa shape index (κ1) is 22.1. The summed E-state index contributed by atoms with van der Waals surface area (Å²) in [6.07, 6.45) is 2.51. The van der Waals surface area contributed by atoms with Crippen LogP contribution in [0.5, 0.6) is 11.5 Å². The van der Waals surface area contributed by atoms with Crippen molar-refractivity contribution < 1.29 is 19.0 Å². The Bertz CT molecular complexity index is 1320. The summed E-state index contributed by atoms with van der Waals surface area (Å²) >= 11 is 0. The molecule has 5 heteroatoms. The molecule has 1 heterocycles. The minimum Gasteiger partial charge on any atom is -0.497 e. The molecule has 0 aliphatic heterocycles. The number of hydrogen-bond acceptors (Lipinski definition) is 4. The number of esters is 1. The van der Waals surface area contributed by atoms with E-state index in [0.717, 1.165) is 45.7 Å². The highest BCUT2D eigenvalue weighted by Crippen LogP contribution is 2.37. The van der Waals surface area contributed by atoms with Gasteiger partial charge in [0.2, 0.25) is 0 Å². The van der Waals surface area contributed by atoms with Gasteiger partial charge in [0, 0.05) is 23.0 Å². The Kier molecular flexibility index (Phi) is 6.26. The van der Waals surface area contributed by atoms with Crippen LogP contribution in [0.15, 0.2) is 72.8 Å². The van der Waals surface area contributed by atoms with E-state index in [4.69, 9.17) is 14.2 Å². The number of ether oxygens (including phenoxy) is 3. The predicted molar refractivity (Wildman–Crippen MR) is 134 cm³/mol. The number of aromatic nitrogens is 1. The summed E-state index contributed by atoms with van der Waals surface area (Å²) < 4.78 is 19.0. The minimum absolute atomic E-state index is 0.308. The summed E-state index contributed by atoms with van der Waals surface area (Å²) in [6, 6.07) is 24.0. The van der Waals surface area contributed by atoms with Gasteiger partial charge >= 0.3 is 5.97 Å². The SMILES string of the molecule is CCOC(=O)c1c(-c2cccc(OC)c2)c2ccccc2n1Cc1cccc(OCC2CC2)c1. The average molecular weight is 456 g/mol. The molecule has 5 rings (SSSR count). The van der Waals surface area contributed by atoms with E-state index in [2.05, 4.69) is 28.8 Å². The number of para-hydroxylation sites is 1. The van der Waals surface area contributed by atoms with Crippen LogP contribution in [-0.4, -0.2) is 30.9 Å². The van der Waals surface area contributed by atoms with Gasteiger partial charge in [0.05, 0.1) is 20.3 Å². The zero-order chi connectivity index (χ0) is 23.5. The van der Waals surface area contributed by atoms with Crippen molar-refractivity contribution in [2.75, 3.05) is 20.3 Å². The summed E-state index contributed by atoms with van der Waals surface area (Å²) in [7, 11) is 1.65. The van der Waals surface area contributed by atoms with E-state index in [0.29, 0.717) is 24.8 Å². The van der Waals surface area contributed by atoms with Gasteiger partial charge < -0.3 is 18.8 Å². The van der Waals surface area contributed by atoms with Gasteiger partial charge in [0.1, 0.15) is 17.2 Å². The smallest absolute Gasteiger partial charge is 0.355 e. The number of fused-ring (bicyclic) bond motifs is 1. The molecule has 0 spiro atoms. The van der Waals surface area contributed by atoms with E-state index >= 15 is 0 Å². The van der Waals surface area contributed by atoms with E-state index in [1.54, 1.807) is 7.11 Å². The Hall–Kier alpha value is -3.73. The molecule has 4 aromatic rings. The molecule has 0 saturated heterocycles. The second-order valence-corrected chi connectivity index (χ2v) is 8.68. The maximum atomic E-state index is 13.3. The molecule has 1 fully saturated rings. The summed E-state index contributed by atoms with van der Waals surface area (Å²) in [5.41, 5.74) is 4.36. The third-order valence-electron chi connectivity index (χ3n) is 6.22. The van der Waals surface area contributed by atoms with Crippen LogP contribution in [0.4, 0.5) is 0 Å². The Balaban J connectivity index is 1.63. The first-order chi connectivity index (χ1) is 16.7. The van der Waals surface area contributed by atoms with Crippen LogP contribution in [0.2, 0.25) is 0 Å². The van der Waals surface area contributed by atoms with E-state index in [9.17, 15) is 4.79 Å². The number of carbonyl (C=O) groups is 1. The van der Waals surface area contributed by atoms with Crippen LogP contribution in [0.1, 0.15) is 35.8 Å². The van der Waals surface area contributed by atoms with Gasteiger partial charge in [0.15, 0.2) is 0 Å². The fourth-order valence-corrected chi connectivity index (χ4v) is 4.36. The van der Waals surface area contributed by atoms with Crippen molar-refractivity contribution >= 4 is 16.9 Å². The molecule has 1 aromatic heterocycles. The van der Waals surface area contributed by atoms with Crippen LogP contribution in [0, 0.1) is 5.92 Å². The van der Waals surface area contributed by atoms with E-state index < -0.39 is 0 Å². The predicted octanol–water partition coefficient (Wildman–Crippen LogP) is 6.33. The van der Waals surface area contributed by atoms with Crippen LogP contribution in [-0.2, 0) is 11.3 Å². The van der Waals surface area contributed by atoms with Crippen molar-refractivity contribution in [3.05, 3.63) is 84.1 Å². The lowest BCUT2D eigenvalue weighted by Crippen LogP contribution is -2.14. The Morgan fingerprint density at radius 1 is 0.971 bits per heavy atom. The molecule has 0 N–H and O–H groups in total. The standard InChI is InChI=1S/C29H29NO4/c1-3-33-29(31)28-27(22-9-7-10-23(17-22)32-2)25-12-4-5-13-26(25)30(28)18-21-8-6-11-24(16-21)34-19-20-14-15-20/h4-13,16-17,20H,3,14-15,18-19H2,1-2H3. The third kappa shape index (κ3) is 4.51. The van der Waals surface area contributed by atoms with Crippen molar-refractivity contribution in [3.8, 4) is 22.6 Å². The molecular weight excluding hydrogens is 426 g/mol. The molecule has 1 aliphatic carbocycles. The lowest BCUT2D eigenvalue weighted by molar-refractivity contribution is 0.0516. The van der Waals surface area contributed by atoms with Crippen molar-refractivity contribution in [1.82, 2.24) is 4.57 Å². The second-order valence-electron chi connectivity index (χ2n) is 8.68. The summed E-state index contributed by atoms with van der Waals surface area (Å²) in [5, 5.41) is 1.000. The molecule has 1 saturated carbocycles. The number of carbonyl (C=O) groups excluding carboxylic acids is 1. The van der Waals surface area contributed by atoms with Crippen LogP contribution in [0.25, 0.3) is 22.0 Å². The lowest BCUT2D eigenvalue weighted by Gasteiger charge is -2.13. The van der Waals surface area contributed by atoms with Gasteiger partial charge in [0.25, 0.3) is 0 Å². The van der Waals surface area contributed by atoms with Gasteiger partial charge in [-0.15, -0.1) is 0 Å². The van der Waals surface area contributed by atoms with Gasteiger partial charge in [-0.25, -0.2) is 4.79 Å². The number of hydrogen-bond donors (Lipinski definition) is 0.